The number of hydrogen-bond acceptors (Lipinski definition) is 5. The van der Waals surface area contributed by atoms with E-state index in [9.17, 15) is 0 Å². The molecule has 0 aliphatic carbocycles. The number of ether oxygens (including phenoxy) is 3. The SMILES string of the molecule is CCOc1ccc(CCNC(=NC)NCc2ncc(C)c(OC)c2C)cc1OCC. The number of aromatic nitrogens is 1. The molecule has 0 fully saturated rings. The summed E-state index contributed by atoms with van der Waals surface area (Å²) in [6.45, 7) is 10.5. The van der Waals surface area contributed by atoms with Gasteiger partial charge in [0, 0.05) is 30.9 Å². The molecule has 7 nitrogen and oxygen atoms in total. The fourth-order valence-electron chi connectivity index (χ4n) is 3.21. The van der Waals surface area contributed by atoms with Gasteiger partial charge < -0.3 is 24.8 Å². The average Bonchev–Trinajstić information content (AvgIpc) is 2.74. The van der Waals surface area contributed by atoms with E-state index in [1.165, 1.54) is 5.56 Å². The van der Waals surface area contributed by atoms with Crippen LogP contribution in [-0.4, -0.2) is 44.9 Å². The maximum Gasteiger partial charge on any atom is 0.191 e. The van der Waals surface area contributed by atoms with Gasteiger partial charge >= 0.3 is 0 Å². The minimum absolute atomic E-state index is 0.569. The van der Waals surface area contributed by atoms with Crippen molar-refractivity contribution in [3.63, 3.8) is 0 Å². The standard InChI is InChI=1S/C23H34N4O3/c1-7-29-20-10-9-18(13-21(20)30-8-2)11-12-25-23(24-5)27-15-19-17(4)22(28-6)16(3)14-26-19/h9-10,13-14H,7-8,11-12,15H2,1-6H3,(H2,24,25,27). The van der Waals surface area contributed by atoms with Gasteiger partial charge in [-0.25, -0.2) is 0 Å². The maximum absolute atomic E-state index is 5.71. The lowest BCUT2D eigenvalue weighted by Gasteiger charge is -2.15. The van der Waals surface area contributed by atoms with Crippen LogP contribution in [0.3, 0.4) is 0 Å². The number of hydrogen-bond donors (Lipinski definition) is 2. The summed E-state index contributed by atoms with van der Waals surface area (Å²) in [6, 6.07) is 6.07. The molecule has 7 heteroatoms. The minimum Gasteiger partial charge on any atom is -0.496 e. The molecular formula is C23H34N4O3. The van der Waals surface area contributed by atoms with Crippen LogP contribution in [0.25, 0.3) is 0 Å². The van der Waals surface area contributed by atoms with Gasteiger partial charge in [0.2, 0.25) is 0 Å². The van der Waals surface area contributed by atoms with E-state index in [1.54, 1.807) is 14.2 Å². The molecule has 0 aliphatic heterocycles. The highest BCUT2D eigenvalue weighted by Gasteiger charge is 2.10. The van der Waals surface area contributed by atoms with Crippen LogP contribution in [0.4, 0.5) is 0 Å². The number of benzene rings is 1. The highest BCUT2D eigenvalue weighted by molar-refractivity contribution is 5.79. The third-order valence-corrected chi connectivity index (χ3v) is 4.71. The Morgan fingerprint density at radius 1 is 1.07 bits per heavy atom. The van der Waals surface area contributed by atoms with Crippen LogP contribution < -0.4 is 24.8 Å². The third kappa shape index (κ3) is 6.27. The topological polar surface area (TPSA) is 77.0 Å². The number of methoxy groups -OCH3 is 1. The van der Waals surface area contributed by atoms with Crippen molar-refractivity contribution in [3.8, 4) is 17.2 Å². The molecule has 1 aromatic heterocycles. The Hall–Kier alpha value is -2.96. The van der Waals surface area contributed by atoms with Crippen molar-refractivity contribution in [1.82, 2.24) is 15.6 Å². The fraction of sp³-hybridized carbons (Fsp3) is 0.478. The number of rotatable bonds is 10. The van der Waals surface area contributed by atoms with E-state index in [1.807, 2.05) is 46.0 Å². The van der Waals surface area contributed by atoms with Crippen molar-refractivity contribution in [1.29, 1.82) is 0 Å². The molecule has 30 heavy (non-hydrogen) atoms. The van der Waals surface area contributed by atoms with Gasteiger partial charge in [0.1, 0.15) is 5.75 Å². The zero-order valence-electron chi connectivity index (χ0n) is 19.0. The van der Waals surface area contributed by atoms with Gasteiger partial charge in [-0.05, 0) is 51.8 Å². The van der Waals surface area contributed by atoms with E-state index in [0.717, 1.165) is 53.0 Å². The number of aryl methyl sites for hydroxylation is 1. The average molecular weight is 415 g/mol. The minimum atomic E-state index is 0.569. The number of guanidine groups is 1. The molecule has 0 unspecified atom stereocenters. The Morgan fingerprint density at radius 2 is 1.80 bits per heavy atom. The van der Waals surface area contributed by atoms with Crippen LogP contribution in [0, 0.1) is 13.8 Å². The van der Waals surface area contributed by atoms with E-state index in [2.05, 4.69) is 26.7 Å². The molecule has 2 rings (SSSR count). The van der Waals surface area contributed by atoms with Gasteiger partial charge in [-0.2, -0.15) is 0 Å². The summed E-state index contributed by atoms with van der Waals surface area (Å²) < 4.78 is 16.8. The predicted octanol–water partition coefficient (Wildman–Crippen LogP) is 3.41. The third-order valence-electron chi connectivity index (χ3n) is 4.71. The summed E-state index contributed by atoms with van der Waals surface area (Å²) in [5.41, 5.74) is 4.18. The quantitative estimate of drug-likeness (QED) is 0.458. The van der Waals surface area contributed by atoms with Crippen molar-refractivity contribution in [2.24, 2.45) is 4.99 Å². The molecule has 2 aromatic rings. The second-order valence-electron chi connectivity index (χ2n) is 6.80. The molecule has 1 heterocycles. The van der Waals surface area contributed by atoms with Gasteiger partial charge in [0.15, 0.2) is 17.5 Å². The number of nitrogens with zero attached hydrogens (tertiary/aromatic N) is 2. The largest absolute Gasteiger partial charge is 0.496 e. The Kier molecular flexibility index (Phi) is 9.25. The Bertz CT molecular complexity index is 853. The smallest absolute Gasteiger partial charge is 0.191 e. The lowest BCUT2D eigenvalue weighted by atomic mass is 10.1. The highest BCUT2D eigenvalue weighted by atomic mass is 16.5. The molecule has 1 aromatic carbocycles. The molecule has 0 atom stereocenters. The van der Waals surface area contributed by atoms with Crippen LogP contribution in [-0.2, 0) is 13.0 Å². The summed E-state index contributed by atoms with van der Waals surface area (Å²) in [5, 5.41) is 6.66. The lowest BCUT2D eigenvalue weighted by molar-refractivity contribution is 0.287. The normalized spacial score (nSPS) is 11.2. The van der Waals surface area contributed by atoms with Crippen molar-refractivity contribution < 1.29 is 14.2 Å². The monoisotopic (exact) mass is 414 g/mol. The molecule has 0 amide bonds. The Morgan fingerprint density at radius 3 is 2.47 bits per heavy atom. The van der Waals surface area contributed by atoms with E-state index < -0.39 is 0 Å². The zero-order chi connectivity index (χ0) is 21.9. The van der Waals surface area contributed by atoms with E-state index in [4.69, 9.17) is 14.2 Å². The molecular weight excluding hydrogens is 380 g/mol. The van der Waals surface area contributed by atoms with Gasteiger partial charge in [-0.1, -0.05) is 6.07 Å². The first-order valence-corrected chi connectivity index (χ1v) is 10.4. The van der Waals surface area contributed by atoms with Gasteiger partial charge in [-0.3, -0.25) is 9.98 Å². The molecule has 2 N–H and O–H groups in total. The summed E-state index contributed by atoms with van der Waals surface area (Å²) in [6.07, 6.45) is 2.67. The molecule has 0 spiro atoms. The lowest BCUT2D eigenvalue weighted by Crippen LogP contribution is -2.38. The Balaban J connectivity index is 1.91. The van der Waals surface area contributed by atoms with E-state index in [-0.39, 0.29) is 0 Å². The fourth-order valence-corrected chi connectivity index (χ4v) is 3.21. The summed E-state index contributed by atoms with van der Waals surface area (Å²) in [7, 11) is 3.44. The van der Waals surface area contributed by atoms with Crippen LogP contribution in [0.2, 0.25) is 0 Å². The van der Waals surface area contributed by atoms with Crippen LogP contribution in [0.15, 0.2) is 29.4 Å². The first-order chi connectivity index (χ1) is 14.5. The van der Waals surface area contributed by atoms with Crippen molar-refractivity contribution in [2.45, 2.75) is 40.7 Å². The zero-order valence-corrected chi connectivity index (χ0v) is 19.0. The van der Waals surface area contributed by atoms with Crippen molar-refractivity contribution in [2.75, 3.05) is 33.9 Å². The van der Waals surface area contributed by atoms with Crippen LogP contribution in [0.1, 0.15) is 36.2 Å². The summed E-state index contributed by atoms with van der Waals surface area (Å²) in [5.74, 6) is 3.18. The first-order valence-electron chi connectivity index (χ1n) is 10.4. The second-order valence-corrected chi connectivity index (χ2v) is 6.80. The molecule has 0 radical (unpaired) electrons. The van der Waals surface area contributed by atoms with Crippen molar-refractivity contribution >= 4 is 5.96 Å². The highest BCUT2D eigenvalue weighted by Crippen LogP contribution is 2.28. The van der Waals surface area contributed by atoms with E-state index in [0.29, 0.717) is 19.8 Å². The van der Waals surface area contributed by atoms with Crippen LogP contribution >= 0.6 is 0 Å². The number of nitrogens with one attached hydrogen (secondary N) is 2. The maximum atomic E-state index is 5.71. The first kappa shape index (κ1) is 23.3. The van der Waals surface area contributed by atoms with Gasteiger partial charge in [-0.15, -0.1) is 0 Å². The van der Waals surface area contributed by atoms with Crippen LogP contribution in [0.5, 0.6) is 17.2 Å². The molecule has 0 aliphatic rings. The van der Waals surface area contributed by atoms with Crippen molar-refractivity contribution in [3.05, 3.63) is 46.8 Å². The summed E-state index contributed by atoms with van der Waals surface area (Å²) >= 11 is 0. The molecule has 0 saturated heterocycles. The molecule has 0 bridgehead atoms. The number of aliphatic imine (C=N–C) groups is 1. The molecule has 0 saturated carbocycles. The second kappa shape index (κ2) is 11.9. The Labute approximate surface area is 179 Å². The van der Waals surface area contributed by atoms with Gasteiger partial charge in [0.05, 0.1) is 32.6 Å². The number of pyridine rings is 1. The van der Waals surface area contributed by atoms with Gasteiger partial charge in [0.25, 0.3) is 0 Å². The predicted molar refractivity (Wildman–Crippen MR) is 121 cm³/mol. The van der Waals surface area contributed by atoms with E-state index >= 15 is 0 Å². The summed E-state index contributed by atoms with van der Waals surface area (Å²) in [4.78, 5) is 8.82. The molecule has 164 valence electrons.